The molecule has 34 heavy (non-hydrogen) atoms. The van der Waals surface area contributed by atoms with Gasteiger partial charge in [-0.05, 0) is 88.3 Å². The summed E-state index contributed by atoms with van der Waals surface area (Å²) in [5, 5.41) is 3.75. The Morgan fingerprint density at radius 3 is 2.29 bits per heavy atom. The number of nitrogens with one attached hydrogen (secondary N) is 1. The van der Waals surface area contributed by atoms with Crippen LogP contribution in [-0.2, 0) is 0 Å². The summed E-state index contributed by atoms with van der Waals surface area (Å²) in [5.41, 5.74) is 11.1. The number of hydrogen-bond acceptors (Lipinski definition) is 6. The van der Waals surface area contributed by atoms with Crippen LogP contribution in [0.3, 0.4) is 0 Å². The number of ether oxygens (including phenoxy) is 2. The van der Waals surface area contributed by atoms with Gasteiger partial charge < -0.3 is 25.4 Å². The molecule has 1 aromatic heterocycles. The van der Waals surface area contributed by atoms with E-state index in [1.165, 1.54) is 0 Å². The molecule has 0 atom stereocenters. The van der Waals surface area contributed by atoms with E-state index in [2.05, 4.69) is 46.6 Å². The molecule has 4 rings (SSSR count). The van der Waals surface area contributed by atoms with Gasteiger partial charge in [0.05, 0.1) is 18.5 Å². The summed E-state index contributed by atoms with van der Waals surface area (Å²) in [7, 11) is 5.77. The molecule has 1 aliphatic carbocycles. The van der Waals surface area contributed by atoms with Crippen molar-refractivity contribution < 1.29 is 9.47 Å². The van der Waals surface area contributed by atoms with Crippen molar-refractivity contribution in [1.29, 1.82) is 0 Å². The third kappa shape index (κ3) is 6.49. The molecule has 0 aliphatic heterocycles. The van der Waals surface area contributed by atoms with Crippen LogP contribution in [0.4, 0.5) is 5.69 Å². The number of pyridine rings is 1. The van der Waals surface area contributed by atoms with E-state index in [9.17, 15) is 0 Å². The first-order valence-corrected chi connectivity index (χ1v) is 12.1. The number of aromatic nitrogens is 1. The topological polar surface area (TPSA) is 72.6 Å². The minimum atomic E-state index is 0.330. The Hall–Kier alpha value is -3.09. The molecule has 0 bridgehead atoms. The summed E-state index contributed by atoms with van der Waals surface area (Å²) in [5.74, 6) is 1.69. The second-order valence-corrected chi connectivity index (χ2v) is 9.29. The van der Waals surface area contributed by atoms with Crippen molar-refractivity contribution in [2.75, 3.05) is 39.7 Å². The maximum Gasteiger partial charge on any atom is 0.120 e. The number of nitrogens with two attached hydrogens (primary N) is 1. The largest absolute Gasteiger partial charge is 0.497 e. The summed E-state index contributed by atoms with van der Waals surface area (Å²) in [6, 6.07) is 21.3. The van der Waals surface area contributed by atoms with Crippen molar-refractivity contribution in [3.8, 4) is 34.0 Å². The lowest BCUT2D eigenvalue weighted by atomic mass is 9.91. The zero-order valence-corrected chi connectivity index (χ0v) is 20.5. The summed E-state index contributed by atoms with van der Waals surface area (Å²) in [4.78, 5) is 7.13. The zero-order valence-electron chi connectivity index (χ0n) is 20.5. The first-order chi connectivity index (χ1) is 16.5. The minimum Gasteiger partial charge on any atom is -0.497 e. The highest BCUT2D eigenvalue weighted by atomic mass is 16.5. The third-order valence-electron chi connectivity index (χ3n) is 6.29. The number of rotatable bonds is 9. The SMILES string of the molecule is COc1ccc(-c2cc(N[C@H]3CC[C@H](N)CC3)cc(-c3cccc(OCCN(C)C)c3)n2)cc1. The molecule has 0 spiro atoms. The first kappa shape index (κ1) is 24.0. The molecule has 0 saturated heterocycles. The number of methoxy groups -OCH3 is 1. The van der Waals surface area contributed by atoms with Gasteiger partial charge in [-0.15, -0.1) is 0 Å². The molecule has 1 fully saturated rings. The fraction of sp³-hybridized carbons (Fsp3) is 0.393. The Morgan fingerprint density at radius 2 is 1.62 bits per heavy atom. The summed E-state index contributed by atoms with van der Waals surface area (Å²) >= 11 is 0. The molecule has 0 unspecified atom stereocenters. The van der Waals surface area contributed by atoms with Gasteiger partial charge in [-0.25, -0.2) is 4.98 Å². The molecule has 3 N–H and O–H groups in total. The van der Waals surface area contributed by atoms with E-state index in [1.54, 1.807) is 7.11 Å². The number of nitrogens with zero attached hydrogens (tertiary/aromatic N) is 2. The number of hydrogen-bond donors (Lipinski definition) is 2. The van der Waals surface area contributed by atoms with Crippen molar-refractivity contribution in [2.45, 2.75) is 37.8 Å². The summed E-state index contributed by atoms with van der Waals surface area (Å²) in [6.45, 7) is 1.51. The Bertz CT molecular complexity index is 1060. The summed E-state index contributed by atoms with van der Waals surface area (Å²) < 4.78 is 11.3. The fourth-order valence-electron chi connectivity index (χ4n) is 4.26. The predicted molar refractivity (Wildman–Crippen MR) is 140 cm³/mol. The van der Waals surface area contributed by atoms with Crippen LogP contribution in [0.25, 0.3) is 22.5 Å². The van der Waals surface area contributed by atoms with Crippen LogP contribution < -0.4 is 20.5 Å². The first-order valence-electron chi connectivity index (χ1n) is 12.1. The lowest BCUT2D eigenvalue weighted by Crippen LogP contribution is -2.32. The van der Waals surface area contributed by atoms with Crippen LogP contribution in [0.15, 0.2) is 60.7 Å². The van der Waals surface area contributed by atoms with Crippen LogP contribution >= 0.6 is 0 Å². The second-order valence-electron chi connectivity index (χ2n) is 9.29. The van der Waals surface area contributed by atoms with Crippen molar-refractivity contribution >= 4 is 5.69 Å². The zero-order chi connectivity index (χ0) is 23.9. The molecule has 2 aromatic carbocycles. The molecule has 6 heteroatoms. The van der Waals surface area contributed by atoms with E-state index in [4.69, 9.17) is 20.2 Å². The predicted octanol–water partition coefficient (Wildman–Crippen LogP) is 5.05. The third-order valence-corrected chi connectivity index (χ3v) is 6.29. The lowest BCUT2D eigenvalue weighted by Gasteiger charge is -2.28. The van der Waals surface area contributed by atoms with Gasteiger partial charge in [0.15, 0.2) is 0 Å². The maximum atomic E-state index is 6.12. The van der Waals surface area contributed by atoms with Gasteiger partial charge >= 0.3 is 0 Å². The van der Waals surface area contributed by atoms with E-state index >= 15 is 0 Å². The van der Waals surface area contributed by atoms with E-state index < -0.39 is 0 Å². The van der Waals surface area contributed by atoms with Gasteiger partial charge in [0, 0.05) is 35.4 Å². The van der Waals surface area contributed by atoms with Gasteiger partial charge in [-0.2, -0.15) is 0 Å². The van der Waals surface area contributed by atoms with Gasteiger partial charge in [-0.3, -0.25) is 0 Å². The van der Waals surface area contributed by atoms with Crippen LogP contribution in [0.1, 0.15) is 25.7 Å². The van der Waals surface area contributed by atoms with Crippen molar-refractivity contribution in [2.24, 2.45) is 5.73 Å². The minimum absolute atomic E-state index is 0.330. The van der Waals surface area contributed by atoms with Gasteiger partial charge in [0.2, 0.25) is 0 Å². The van der Waals surface area contributed by atoms with Crippen molar-refractivity contribution in [3.05, 3.63) is 60.7 Å². The second kappa shape index (κ2) is 11.4. The molecule has 1 saturated carbocycles. The fourth-order valence-corrected chi connectivity index (χ4v) is 4.26. The Balaban J connectivity index is 1.64. The quantitative estimate of drug-likeness (QED) is 0.466. The lowest BCUT2D eigenvalue weighted by molar-refractivity contribution is 0.261. The van der Waals surface area contributed by atoms with Crippen molar-refractivity contribution in [3.63, 3.8) is 0 Å². The van der Waals surface area contributed by atoms with Crippen LogP contribution in [0.5, 0.6) is 11.5 Å². The van der Waals surface area contributed by atoms with E-state index in [1.807, 2.05) is 38.4 Å². The summed E-state index contributed by atoms with van der Waals surface area (Å²) in [6.07, 6.45) is 4.30. The van der Waals surface area contributed by atoms with E-state index in [0.29, 0.717) is 18.7 Å². The molecule has 1 aliphatic rings. The van der Waals surface area contributed by atoms with Crippen LogP contribution in [0.2, 0.25) is 0 Å². The number of benzene rings is 2. The average molecular weight is 461 g/mol. The molecule has 6 nitrogen and oxygen atoms in total. The Kier molecular flexibility index (Phi) is 8.03. The highest BCUT2D eigenvalue weighted by Crippen LogP contribution is 2.31. The van der Waals surface area contributed by atoms with E-state index in [-0.39, 0.29) is 0 Å². The van der Waals surface area contributed by atoms with Gasteiger partial charge in [0.25, 0.3) is 0 Å². The van der Waals surface area contributed by atoms with E-state index in [0.717, 1.165) is 71.9 Å². The standard InChI is InChI=1S/C28H36N4O2/c1-32(2)15-16-34-26-6-4-5-21(17-26)28-19-24(30-23-11-9-22(29)10-12-23)18-27(31-28)20-7-13-25(33-3)14-8-20/h4-8,13-14,17-19,22-23H,9-12,15-16,29H2,1-3H3,(H,30,31)/t22-,23-. The molecule has 0 amide bonds. The van der Waals surface area contributed by atoms with Gasteiger partial charge in [0.1, 0.15) is 18.1 Å². The average Bonchev–Trinajstić information content (AvgIpc) is 2.85. The smallest absolute Gasteiger partial charge is 0.120 e. The Labute approximate surface area is 203 Å². The molecule has 180 valence electrons. The highest BCUT2D eigenvalue weighted by molar-refractivity contribution is 5.73. The Morgan fingerprint density at radius 1 is 0.912 bits per heavy atom. The molecular weight excluding hydrogens is 424 g/mol. The molecule has 1 heterocycles. The number of likely N-dealkylation sites (N-methyl/N-ethyl adjacent to an activating group) is 1. The molecule has 0 radical (unpaired) electrons. The van der Waals surface area contributed by atoms with Crippen LogP contribution in [-0.4, -0.2) is 56.3 Å². The number of anilines is 1. The monoisotopic (exact) mass is 460 g/mol. The maximum absolute atomic E-state index is 6.12. The normalized spacial score (nSPS) is 18.0. The van der Waals surface area contributed by atoms with Crippen molar-refractivity contribution in [1.82, 2.24) is 9.88 Å². The van der Waals surface area contributed by atoms with Crippen LogP contribution in [0, 0.1) is 0 Å². The molecular formula is C28H36N4O2. The highest BCUT2D eigenvalue weighted by Gasteiger charge is 2.19. The van der Waals surface area contributed by atoms with Gasteiger partial charge in [-0.1, -0.05) is 12.1 Å². The molecule has 3 aromatic rings.